The summed E-state index contributed by atoms with van der Waals surface area (Å²) in [6.45, 7) is 20.8. The Morgan fingerprint density at radius 3 is 1.00 bits per heavy atom. The van der Waals surface area contributed by atoms with Crippen LogP contribution in [0, 0.1) is 0 Å². The molecule has 360 valence electrons. The van der Waals surface area contributed by atoms with Crippen LogP contribution in [0.15, 0.2) is 121 Å². The summed E-state index contributed by atoms with van der Waals surface area (Å²) in [5, 5.41) is 4.98. The predicted octanol–water partition coefficient (Wildman–Crippen LogP) is 16.5. The third-order valence-corrected chi connectivity index (χ3v) is 15.0. The number of aryl methyl sites for hydroxylation is 2. The van der Waals surface area contributed by atoms with Crippen LogP contribution >= 0.6 is 0 Å². The zero-order chi connectivity index (χ0) is 50.6. The van der Waals surface area contributed by atoms with Crippen LogP contribution in [-0.4, -0.2) is 23.6 Å². The first-order valence-corrected chi connectivity index (χ1v) is 25.5. The standard InChI is InChI=1S/C64H58N2O6/c1-11-37-19-23-39(24-20-37)71-51-31-49-53-47(61(67)65(63(49)69)59-41(33(3)4)15-13-16-42(59)34(5)6)30-28-46-56-52(72-40-25-21-38(12-2)22-26-40)32-50-54-48(29-27-45(58(54)56)55(51)57(46)53)62(68)66(64(50)70)60-43(35(7)8)17-14-18-44(60)36(9)10/h13-36H,11-12H2,1-10H3. The molecule has 0 spiro atoms. The molecule has 4 amide bonds. The van der Waals surface area contributed by atoms with E-state index in [-0.39, 0.29) is 23.7 Å². The van der Waals surface area contributed by atoms with Crippen LogP contribution in [0.4, 0.5) is 11.4 Å². The van der Waals surface area contributed by atoms with Crippen LogP contribution in [-0.2, 0) is 12.8 Å². The van der Waals surface area contributed by atoms with Gasteiger partial charge >= 0.3 is 0 Å². The highest BCUT2D eigenvalue weighted by Crippen LogP contribution is 2.54. The van der Waals surface area contributed by atoms with Gasteiger partial charge in [0.15, 0.2) is 0 Å². The largest absolute Gasteiger partial charge is 0.457 e. The molecule has 9 aromatic rings. The SMILES string of the molecule is CCc1ccc(Oc2cc3c4c(ccc5c6c(Oc7ccc(CC)cc7)cc7c8c(ccc(c2c45)c86)C(=O)N(c2c(C(C)C)cccc2C(C)C)C7=O)C(=O)N(c2c(C(C)C)cccc2C(C)C)C3=O)cc1. The summed E-state index contributed by atoms with van der Waals surface area (Å²) in [4.78, 5) is 64.7. The van der Waals surface area contributed by atoms with Crippen molar-refractivity contribution in [3.63, 3.8) is 0 Å². The van der Waals surface area contributed by atoms with E-state index in [0.29, 0.717) is 99.7 Å². The monoisotopic (exact) mass is 950 g/mol. The van der Waals surface area contributed by atoms with E-state index in [9.17, 15) is 0 Å². The van der Waals surface area contributed by atoms with Gasteiger partial charge in [-0.2, -0.15) is 0 Å². The molecule has 2 heterocycles. The Bertz CT molecular complexity index is 3450. The predicted molar refractivity (Wildman–Crippen MR) is 291 cm³/mol. The first-order chi connectivity index (χ1) is 34.6. The molecule has 0 radical (unpaired) electrons. The summed E-state index contributed by atoms with van der Waals surface area (Å²) in [5.74, 6) is 0.287. The molecule has 11 rings (SSSR count). The van der Waals surface area contributed by atoms with E-state index >= 15 is 19.2 Å². The lowest BCUT2D eigenvalue weighted by Crippen LogP contribution is -2.42. The molecule has 0 aromatic heterocycles. The third-order valence-electron chi connectivity index (χ3n) is 15.0. The van der Waals surface area contributed by atoms with Crippen molar-refractivity contribution in [2.75, 3.05) is 9.80 Å². The maximum Gasteiger partial charge on any atom is 0.266 e. The van der Waals surface area contributed by atoms with Gasteiger partial charge in [0.2, 0.25) is 0 Å². The number of anilines is 2. The van der Waals surface area contributed by atoms with Crippen molar-refractivity contribution in [3.8, 4) is 23.0 Å². The number of benzene rings is 9. The summed E-state index contributed by atoms with van der Waals surface area (Å²) in [6, 6.07) is 38.9. The van der Waals surface area contributed by atoms with Gasteiger partial charge in [-0.1, -0.05) is 142 Å². The lowest BCUT2D eigenvalue weighted by Gasteiger charge is -2.34. The highest BCUT2D eigenvalue weighted by Gasteiger charge is 2.42. The van der Waals surface area contributed by atoms with Crippen LogP contribution in [0.5, 0.6) is 23.0 Å². The van der Waals surface area contributed by atoms with Crippen LogP contribution < -0.4 is 19.3 Å². The summed E-state index contributed by atoms with van der Waals surface area (Å²) in [5.41, 5.74) is 8.56. The van der Waals surface area contributed by atoms with Gasteiger partial charge in [-0.15, -0.1) is 0 Å². The molecular weight excluding hydrogens is 893 g/mol. The minimum atomic E-state index is -0.445. The average Bonchev–Trinajstić information content (AvgIpc) is 3.37. The lowest BCUT2D eigenvalue weighted by atomic mass is 9.80. The van der Waals surface area contributed by atoms with E-state index in [1.807, 2.05) is 109 Å². The number of carbonyl (C=O) groups is 4. The molecule has 0 bridgehead atoms. The lowest BCUT2D eigenvalue weighted by molar-refractivity contribution is 0.0877. The number of carbonyl (C=O) groups excluding carboxylic acids is 4. The Kier molecular flexibility index (Phi) is 11.3. The van der Waals surface area contributed by atoms with Crippen LogP contribution in [0.3, 0.4) is 0 Å². The van der Waals surface area contributed by atoms with Crippen molar-refractivity contribution in [2.45, 2.75) is 106 Å². The Hall–Kier alpha value is -7.84. The van der Waals surface area contributed by atoms with Gasteiger partial charge in [-0.25, -0.2) is 9.80 Å². The maximum absolute atomic E-state index is 15.6. The summed E-state index contributed by atoms with van der Waals surface area (Å²) < 4.78 is 14.0. The summed E-state index contributed by atoms with van der Waals surface area (Å²) >= 11 is 0. The summed E-state index contributed by atoms with van der Waals surface area (Å²) in [7, 11) is 0. The highest BCUT2D eigenvalue weighted by molar-refractivity contribution is 6.46. The van der Waals surface area contributed by atoms with E-state index in [4.69, 9.17) is 9.47 Å². The second-order valence-corrected chi connectivity index (χ2v) is 20.7. The van der Waals surface area contributed by atoms with E-state index in [0.717, 1.165) is 46.2 Å². The molecule has 0 N–H and O–H groups in total. The van der Waals surface area contributed by atoms with Crippen molar-refractivity contribution in [2.24, 2.45) is 0 Å². The molecule has 0 atom stereocenters. The van der Waals surface area contributed by atoms with Gasteiger partial charge in [0.05, 0.1) is 22.5 Å². The first kappa shape index (κ1) is 46.5. The third kappa shape index (κ3) is 7.01. The number of hydrogen-bond donors (Lipinski definition) is 0. The molecule has 9 aromatic carbocycles. The van der Waals surface area contributed by atoms with Crippen LogP contribution in [0.1, 0.15) is 168 Å². The second-order valence-electron chi connectivity index (χ2n) is 20.7. The van der Waals surface area contributed by atoms with Crippen LogP contribution in [0.2, 0.25) is 0 Å². The van der Waals surface area contributed by atoms with Gasteiger partial charge < -0.3 is 9.47 Å². The Balaban J connectivity index is 1.26. The van der Waals surface area contributed by atoms with Gasteiger partial charge in [0.1, 0.15) is 23.0 Å². The molecule has 8 heteroatoms. The van der Waals surface area contributed by atoms with E-state index < -0.39 is 23.6 Å². The number of imide groups is 2. The van der Waals surface area contributed by atoms with Crippen molar-refractivity contribution in [1.29, 1.82) is 0 Å². The number of rotatable bonds is 12. The summed E-state index contributed by atoms with van der Waals surface area (Å²) in [6.07, 6.45) is 1.69. The van der Waals surface area contributed by atoms with Crippen LogP contribution in [0.25, 0.3) is 43.1 Å². The van der Waals surface area contributed by atoms with Crippen molar-refractivity contribution >= 4 is 78.1 Å². The minimum Gasteiger partial charge on any atom is -0.457 e. The highest BCUT2D eigenvalue weighted by atomic mass is 16.5. The molecule has 0 saturated heterocycles. The quantitative estimate of drug-likeness (QED) is 0.0688. The number of amides is 4. The fourth-order valence-electron chi connectivity index (χ4n) is 11.3. The number of fused-ring (bicyclic) bond motifs is 2. The topological polar surface area (TPSA) is 93.2 Å². The van der Waals surface area contributed by atoms with E-state index in [2.05, 4.69) is 69.2 Å². The Labute approximate surface area is 420 Å². The zero-order valence-electron chi connectivity index (χ0n) is 42.6. The number of ether oxygens (including phenoxy) is 2. The van der Waals surface area contributed by atoms with Gasteiger partial charge in [-0.05, 0) is 129 Å². The smallest absolute Gasteiger partial charge is 0.266 e. The first-order valence-electron chi connectivity index (χ1n) is 25.5. The van der Waals surface area contributed by atoms with Gasteiger partial charge in [0, 0.05) is 43.4 Å². The molecule has 72 heavy (non-hydrogen) atoms. The number of hydrogen-bond acceptors (Lipinski definition) is 6. The molecule has 0 aliphatic carbocycles. The molecule has 0 unspecified atom stereocenters. The van der Waals surface area contributed by atoms with Crippen molar-refractivity contribution < 1.29 is 28.7 Å². The van der Waals surface area contributed by atoms with Crippen molar-refractivity contribution in [1.82, 2.24) is 0 Å². The molecule has 2 aliphatic rings. The fraction of sp³-hybridized carbons (Fsp3) is 0.250. The normalized spacial score (nSPS) is 13.8. The fourth-order valence-corrected chi connectivity index (χ4v) is 11.3. The average molecular weight is 951 g/mol. The minimum absolute atomic E-state index is 0.0179. The molecule has 8 nitrogen and oxygen atoms in total. The zero-order valence-corrected chi connectivity index (χ0v) is 42.6. The molecule has 0 fully saturated rings. The van der Waals surface area contributed by atoms with Gasteiger partial charge in [0.25, 0.3) is 23.6 Å². The van der Waals surface area contributed by atoms with Gasteiger partial charge in [-0.3, -0.25) is 19.2 Å². The Morgan fingerprint density at radius 1 is 0.375 bits per heavy atom. The second kappa shape index (κ2) is 17.5. The Morgan fingerprint density at radius 2 is 0.694 bits per heavy atom. The van der Waals surface area contributed by atoms with Crippen molar-refractivity contribution in [3.05, 3.63) is 177 Å². The van der Waals surface area contributed by atoms with E-state index in [1.165, 1.54) is 9.80 Å². The molecule has 0 saturated carbocycles. The maximum atomic E-state index is 15.6. The molecular formula is C64H58N2O6. The number of nitrogens with zero attached hydrogens (tertiary/aromatic N) is 2. The molecule has 2 aliphatic heterocycles. The number of para-hydroxylation sites is 2. The van der Waals surface area contributed by atoms with E-state index in [1.54, 1.807) is 12.1 Å².